The van der Waals surface area contributed by atoms with Crippen LogP contribution in [-0.2, 0) is 0 Å². The lowest BCUT2D eigenvalue weighted by Gasteiger charge is -2.25. The standard InChI is InChI=1S/C18H18FNO/c1-13-8-10-14(11-9-13)17-7-4-12-20(17)18(21)15-5-2-3-6-16(15)19/h2-3,5-6,8-11,17H,4,7,12H2,1H3/t17-/m0/s1. The van der Waals surface area contributed by atoms with E-state index in [1.807, 2.05) is 6.92 Å². The second-order valence-electron chi connectivity index (χ2n) is 5.55. The monoisotopic (exact) mass is 283 g/mol. The number of carbonyl (C=O) groups excluding carboxylic acids is 1. The normalized spacial score (nSPS) is 18.0. The molecule has 1 saturated heterocycles. The van der Waals surface area contributed by atoms with Gasteiger partial charge >= 0.3 is 0 Å². The minimum Gasteiger partial charge on any atom is -0.332 e. The Bertz CT molecular complexity index is 651. The van der Waals surface area contributed by atoms with Crippen molar-refractivity contribution in [2.75, 3.05) is 6.54 Å². The molecule has 2 aromatic rings. The molecule has 0 saturated carbocycles. The number of aryl methyl sites for hydroxylation is 1. The van der Waals surface area contributed by atoms with Crippen LogP contribution in [0.25, 0.3) is 0 Å². The first-order chi connectivity index (χ1) is 10.2. The molecule has 108 valence electrons. The molecule has 1 amide bonds. The first-order valence-electron chi connectivity index (χ1n) is 7.29. The van der Waals surface area contributed by atoms with Crippen molar-refractivity contribution in [1.82, 2.24) is 4.90 Å². The summed E-state index contributed by atoms with van der Waals surface area (Å²) in [6, 6.07) is 14.5. The lowest BCUT2D eigenvalue weighted by atomic mass is 10.0. The van der Waals surface area contributed by atoms with Crippen molar-refractivity contribution in [2.45, 2.75) is 25.8 Å². The number of likely N-dealkylation sites (tertiary alicyclic amines) is 1. The van der Waals surface area contributed by atoms with Crippen molar-refractivity contribution in [2.24, 2.45) is 0 Å². The van der Waals surface area contributed by atoms with Gasteiger partial charge in [-0.05, 0) is 37.5 Å². The van der Waals surface area contributed by atoms with Crippen LogP contribution in [-0.4, -0.2) is 17.4 Å². The lowest BCUT2D eigenvalue weighted by molar-refractivity contribution is 0.0731. The summed E-state index contributed by atoms with van der Waals surface area (Å²) in [5.74, 6) is -0.659. The van der Waals surface area contributed by atoms with Gasteiger partial charge in [-0.2, -0.15) is 0 Å². The Labute approximate surface area is 124 Å². The highest BCUT2D eigenvalue weighted by atomic mass is 19.1. The van der Waals surface area contributed by atoms with Gasteiger partial charge in [0.1, 0.15) is 5.82 Å². The van der Waals surface area contributed by atoms with Crippen molar-refractivity contribution in [3.8, 4) is 0 Å². The Morgan fingerprint density at radius 3 is 2.57 bits per heavy atom. The predicted molar refractivity (Wildman–Crippen MR) is 80.6 cm³/mol. The average Bonchev–Trinajstić information content (AvgIpc) is 2.97. The highest BCUT2D eigenvalue weighted by molar-refractivity contribution is 5.95. The number of benzene rings is 2. The molecule has 21 heavy (non-hydrogen) atoms. The largest absolute Gasteiger partial charge is 0.332 e. The molecular formula is C18H18FNO. The highest BCUT2D eigenvalue weighted by Crippen LogP contribution is 2.33. The van der Waals surface area contributed by atoms with Crippen molar-refractivity contribution in [1.29, 1.82) is 0 Å². The zero-order valence-corrected chi connectivity index (χ0v) is 12.1. The van der Waals surface area contributed by atoms with Crippen molar-refractivity contribution >= 4 is 5.91 Å². The van der Waals surface area contributed by atoms with E-state index in [4.69, 9.17) is 0 Å². The minimum absolute atomic E-state index is 0.0534. The summed E-state index contributed by atoms with van der Waals surface area (Å²) in [4.78, 5) is 14.4. The molecule has 0 N–H and O–H groups in total. The van der Waals surface area contributed by atoms with Gasteiger partial charge in [0, 0.05) is 6.54 Å². The minimum atomic E-state index is -0.447. The van der Waals surface area contributed by atoms with Crippen LogP contribution >= 0.6 is 0 Å². The van der Waals surface area contributed by atoms with E-state index in [0.717, 1.165) is 18.4 Å². The third-order valence-electron chi connectivity index (χ3n) is 4.08. The van der Waals surface area contributed by atoms with E-state index in [9.17, 15) is 9.18 Å². The Morgan fingerprint density at radius 2 is 1.86 bits per heavy atom. The second kappa shape index (κ2) is 5.68. The molecule has 0 aromatic heterocycles. The van der Waals surface area contributed by atoms with E-state index in [1.54, 1.807) is 23.1 Å². The Balaban J connectivity index is 1.89. The SMILES string of the molecule is Cc1ccc([C@@H]2CCCN2C(=O)c2ccccc2F)cc1. The zero-order chi connectivity index (χ0) is 14.8. The van der Waals surface area contributed by atoms with Gasteiger partial charge in [-0.15, -0.1) is 0 Å². The maximum absolute atomic E-state index is 13.8. The van der Waals surface area contributed by atoms with Crippen LogP contribution in [0.2, 0.25) is 0 Å². The maximum atomic E-state index is 13.8. The molecular weight excluding hydrogens is 265 g/mol. The van der Waals surface area contributed by atoms with Crippen LogP contribution in [0.4, 0.5) is 4.39 Å². The first kappa shape index (κ1) is 13.8. The lowest BCUT2D eigenvalue weighted by Crippen LogP contribution is -2.31. The van der Waals surface area contributed by atoms with E-state index < -0.39 is 5.82 Å². The number of hydrogen-bond acceptors (Lipinski definition) is 1. The number of carbonyl (C=O) groups is 1. The van der Waals surface area contributed by atoms with Crippen molar-refractivity contribution in [3.63, 3.8) is 0 Å². The number of hydrogen-bond donors (Lipinski definition) is 0. The molecule has 1 aliphatic rings. The summed E-state index contributed by atoms with van der Waals surface area (Å²) in [5, 5.41) is 0. The number of rotatable bonds is 2. The van der Waals surface area contributed by atoms with Gasteiger partial charge in [-0.25, -0.2) is 4.39 Å². The molecule has 2 aromatic carbocycles. The van der Waals surface area contributed by atoms with Gasteiger partial charge in [0.2, 0.25) is 0 Å². The fourth-order valence-electron chi connectivity index (χ4n) is 2.93. The fraction of sp³-hybridized carbons (Fsp3) is 0.278. The third kappa shape index (κ3) is 2.68. The molecule has 1 heterocycles. The molecule has 1 fully saturated rings. The van der Waals surface area contributed by atoms with Gasteiger partial charge in [-0.3, -0.25) is 4.79 Å². The number of halogens is 1. The maximum Gasteiger partial charge on any atom is 0.257 e. The molecule has 1 aliphatic heterocycles. The van der Waals surface area contributed by atoms with Crippen LogP contribution in [0, 0.1) is 12.7 Å². The van der Waals surface area contributed by atoms with Crippen LogP contribution < -0.4 is 0 Å². The Kier molecular flexibility index (Phi) is 3.74. The fourth-order valence-corrected chi connectivity index (χ4v) is 2.93. The third-order valence-corrected chi connectivity index (χ3v) is 4.08. The molecule has 0 bridgehead atoms. The Morgan fingerprint density at radius 1 is 1.14 bits per heavy atom. The molecule has 0 aliphatic carbocycles. The van der Waals surface area contributed by atoms with Crippen molar-refractivity contribution < 1.29 is 9.18 Å². The zero-order valence-electron chi connectivity index (χ0n) is 12.1. The molecule has 0 radical (unpaired) electrons. The summed E-state index contributed by atoms with van der Waals surface area (Å²) in [5.41, 5.74) is 2.49. The first-order valence-corrected chi connectivity index (χ1v) is 7.29. The van der Waals surface area contributed by atoms with E-state index in [2.05, 4.69) is 24.3 Å². The van der Waals surface area contributed by atoms with Crippen LogP contribution in [0.15, 0.2) is 48.5 Å². The van der Waals surface area contributed by atoms with E-state index in [1.165, 1.54) is 11.6 Å². The second-order valence-corrected chi connectivity index (χ2v) is 5.55. The summed E-state index contributed by atoms with van der Waals surface area (Å²) < 4.78 is 13.8. The van der Waals surface area contributed by atoms with E-state index >= 15 is 0 Å². The topological polar surface area (TPSA) is 20.3 Å². The quantitative estimate of drug-likeness (QED) is 0.812. The number of nitrogens with zero attached hydrogens (tertiary/aromatic N) is 1. The van der Waals surface area contributed by atoms with Gasteiger partial charge in [0.05, 0.1) is 11.6 Å². The molecule has 3 rings (SSSR count). The summed E-state index contributed by atoms with van der Waals surface area (Å²) in [6.45, 7) is 2.73. The van der Waals surface area contributed by atoms with Crippen LogP contribution in [0.1, 0.15) is 40.4 Å². The smallest absolute Gasteiger partial charge is 0.257 e. The van der Waals surface area contributed by atoms with Crippen LogP contribution in [0.3, 0.4) is 0 Å². The average molecular weight is 283 g/mol. The molecule has 3 heteroatoms. The molecule has 1 atom stereocenters. The van der Waals surface area contributed by atoms with Gasteiger partial charge in [-0.1, -0.05) is 42.0 Å². The molecule has 0 spiro atoms. The highest BCUT2D eigenvalue weighted by Gasteiger charge is 2.31. The summed E-state index contributed by atoms with van der Waals surface area (Å²) >= 11 is 0. The Hall–Kier alpha value is -2.16. The van der Waals surface area contributed by atoms with Crippen molar-refractivity contribution in [3.05, 3.63) is 71.0 Å². The van der Waals surface area contributed by atoms with Gasteiger partial charge in [0.15, 0.2) is 0 Å². The summed E-state index contributed by atoms with van der Waals surface area (Å²) in [7, 11) is 0. The van der Waals surface area contributed by atoms with Gasteiger partial charge in [0.25, 0.3) is 5.91 Å². The van der Waals surface area contributed by atoms with Crippen LogP contribution in [0.5, 0.6) is 0 Å². The predicted octanol–water partition coefficient (Wildman–Crippen LogP) is 4.11. The van der Waals surface area contributed by atoms with E-state index in [-0.39, 0.29) is 17.5 Å². The summed E-state index contributed by atoms with van der Waals surface area (Å²) in [6.07, 6.45) is 1.89. The number of amides is 1. The molecule has 0 unspecified atom stereocenters. The van der Waals surface area contributed by atoms with Gasteiger partial charge < -0.3 is 4.90 Å². The van der Waals surface area contributed by atoms with E-state index in [0.29, 0.717) is 6.54 Å². The molecule has 2 nitrogen and oxygen atoms in total.